The Morgan fingerprint density at radius 2 is 0.647 bits per heavy atom. The van der Waals surface area contributed by atoms with Gasteiger partial charge in [-0.15, -0.1) is 0 Å². The molecule has 0 radical (unpaired) electrons. The minimum atomic E-state index is 0. The predicted octanol–water partition coefficient (Wildman–Crippen LogP) is 11.7. The van der Waals surface area contributed by atoms with Crippen molar-refractivity contribution in [2.75, 3.05) is 0 Å². The predicted molar refractivity (Wildman–Crippen MR) is 212 cm³/mol. The van der Waals surface area contributed by atoms with Crippen LogP contribution in [-0.2, 0) is 0 Å². The van der Waals surface area contributed by atoms with E-state index in [0.717, 1.165) is 60.9 Å². The molecule has 0 unspecified atom stereocenters. The Morgan fingerprint density at radius 3 is 1.10 bits per heavy atom. The van der Waals surface area contributed by atoms with Gasteiger partial charge in [0.15, 0.2) is 17.5 Å². The highest BCUT2D eigenvalue weighted by Gasteiger charge is 2.18. The largest absolute Gasteiger partial charge is 0.309 e. The van der Waals surface area contributed by atoms with Crippen LogP contribution in [0.25, 0.3) is 89.2 Å². The van der Waals surface area contributed by atoms with Crippen molar-refractivity contribution in [1.82, 2.24) is 24.1 Å². The summed E-state index contributed by atoms with van der Waals surface area (Å²) in [5, 5.41) is 4.68. The number of aromatic nitrogens is 5. The first kappa shape index (κ1) is 30.2. The second-order valence-electron chi connectivity index (χ2n) is 12.5. The van der Waals surface area contributed by atoms with Crippen LogP contribution in [-0.4, -0.2) is 24.1 Å². The maximum atomic E-state index is 5.17. The van der Waals surface area contributed by atoms with E-state index in [-0.39, 0.29) is 7.43 Å². The minimum absolute atomic E-state index is 0. The number of para-hydroxylation sites is 4. The van der Waals surface area contributed by atoms with Crippen LogP contribution >= 0.6 is 0 Å². The number of rotatable bonds is 5. The summed E-state index contributed by atoms with van der Waals surface area (Å²) in [5.74, 6) is 1.92. The third kappa shape index (κ3) is 4.98. The number of hydrogen-bond acceptors (Lipinski definition) is 3. The van der Waals surface area contributed by atoms with Crippen molar-refractivity contribution in [3.63, 3.8) is 0 Å². The number of benzene rings is 7. The second kappa shape index (κ2) is 12.2. The van der Waals surface area contributed by atoms with Gasteiger partial charge in [0.05, 0.1) is 22.1 Å². The van der Waals surface area contributed by atoms with Crippen molar-refractivity contribution < 1.29 is 0 Å². The van der Waals surface area contributed by atoms with E-state index >= 15 is 0 Å². The Kier molecular flexibility index (Phi) is 7.25. The highest BCUT2D eigenvalue weighted by Crippen LogP contribution is 2.37. The third-order valence-electron chi connectivity index (χ3n) is 9.56. The zero-order valence-corrected chi connectivity index (χ0v) is 27.0. The van der Waals surface area contributed by atoms with Crippen LogP contribution in [0.1, 0.15) is 7.43 Å². The van der Waals surface area contributed by atoms with Gasteiger partial charge in [-0.2, -0.15) is 0 Å². The molecule has 0 aliphatic carbocycles. The Balaban J connectivity index is 0.00000348. The Morgan fingerprint density at radius 1 is 0.294 bits per heavy atom. The zero-order chi connectivity index (χ0) is 33.0. The van der Waals surface area contributed by atoms with Crippen molar-refractivity contribution in [1.29, 1.82) is 0 Å². The molecular formula is C46H33N5. The van der Waals surface area contributed by atoms with Gasteiger partial charge in [0.2, 0.25) is 0 Å². The lowest BCUT2D eigenvalue weighted by Crippen LogP contribution is -2.00. The molecule has 5 nitrogen and oxygen atoms in total. The molecule has 242 valence electrons. The van der Waals surface area contributed by atoms with Crippen LogP contribution in [0.5, 0.6) is 0 Å². The first-order valence-electron chi connectivity index (χ1n) is 16.8. The molecule has 0 fully saturated rings. The van der Waals surface area contributed by atoms with E-state index in [4.69, 9.17) is 15.0 Å². The fraction of sp³-hybridized carbons (Fsp3) is 0.0217. The summed E-state index contributed by atoms with van der Waals surface area (Å²) in [6.07, 6.45) is 0. The molecule has 10 aromatic rings. The first-order valence-corrected chi connectivity index (χ1v) is 16.8. The molecule has 5 heteroatoms. The summed E-state index contributed by atoms with van der Waals surface area (Å²) in [4.78, 5) is 15.3. The summed E-state index contributed by atoms with van der Waals surface area (Å²) < 4.78 is 4.65. The lowest BCUT2D eigenvalue weighted by molar-refractivity contribution is 1.07. The second-order valence-corrected chi connectivity index (χ2v) is 12.5. The molecule has 3 aromatic heterocycles. The van der Waals surface area contributed by atoms with Gasteiger partial charge >= 0.3 is 0 Å². The van der Waals surface area contributed by atoms with Gasteiger partial charge < -0.3 is 9.13 Å². The molecule has 0 aliphatic heterocycles. The Hall–Kier alpha value is -6.85. The van der Waals surface area contributed by atoms with Gasteiger partial charge in [0.1, 0.15) is 0 Å². The summed E-state index contributed by atoms with van der Waals surface area (Å²) in [7, 11) is 0. The normalized spacial score (nSPS) is 11.4. The smallest absolute Gasteiger partial charge is 0.164 e. The maximum Gasteiger partial charge on any atom is 0.164 e. The monoisotopic (exact) mass is 655 g/mol. The minimum Gasteiger partial charge on any atom is -0.309 e. The van der Waals surface area contributed by atoms with E-state index in [1.807, 2.05) is 18.2 Å². The maximum absolute atomic E-state index is 5.17. The Bertz CT molecular complexity index is 2680. The molecule has 0 bridgehead atoms. The molecular weight excluding hydrogens is 623 g/mol. The van der Waals surface area contributed by atoms with E-state index in [1.165, 1.54) is 10.8 Å². The van der Waals surface area contributed by atoms with Crippen LogP contribution in [0.15, 0.2) is 176 Å². The van der Waals surface area contributed by atoms with E-state index in [0.29, 0.717) is 17.5 Å². The van der Waals surface area contributed by atoms with Crippen molar-refractivity contribution in [3.05, 3.63) is 176 Å². The quantitative estimate of drug-likeness (QED) is 0.185. The van der Waals surface area contributed by atoms with Crippen molar-refractivity contribution >= 4 is 43.6 Å². The van der Waals surface area contributed by atoms with Crippen molar-refractivity contribution in [3.8, 4) is 45.5 Å². The fourth-order valence-electron chi connectivity index (χ4n) is 7.28. The molecule has 3 heterocycles. The molecule has 0 N–H and O–H groups in total. The van der Waals surface area contributed by atoms with E-state index in [1.54, 1.807) is 0 Å². The molecule has 0 amide bonds. The molecule has 7 aromatic carbocycles. The first-order chi connectivity index (χ1) is 24.8. The summed E-state index contributed by atoms with van der Waals surface area (Å²) in [6, 6.07) is 61.4. The third-order valence-corrected chi connectivity index (χ3v) is 9.56. The van der Waals surface area contributed by atoms with Crippen LogP contribution in [0.4, 0.5) is 0 Å². The van der Waals surface area contributed by atoms with Crippen LogP contribution in [0.3, 0.4) is 0 Å². The van der Waals surface area contributed by atoms with Crippen LogP contribution in [0.2, 0.25) is 0 Å². The van der Waals surface area contributed by atoms with Gasteiger partial charge in [0, 0.05) is 49.6 Å². The molecule has 0 atom stereocenters. The fourth-order valence-corrected chi connectivity index (χ4v) is 7.28. The van der Waals surface area contributed by atoms with Crippen LogP contribution in [0, 0.1) is 0 Å². The molecule has 0 spiro atoms. The van der Waals surface area contributed by atoms with Gasteiger partial charge in [-0.05, 0) is 72.8 Å². The number of fused-ring (bicyclic) bond motifs is 6. The average Bonchev–Trinajstić information content (AvgIpc) is 3.71. The van der Waals surface area contributed by atoms with Crippen molar-refractivity contribution in [2.24, 2.45) is 0 Å². The molecule has 10 rings (SSSR count). The number of nitrogens with zero attached hydrogens (tertiary/aromatic N) is 5. The average molecular weight is 656 g/mol. The van der Waals surface area contributed by atoms with Gasteiger partial charge in [-0.1, -0.05) is 111 Å². The molecule has 0 saturated heterocycles. The van der Waals surface area contributed by atoms with Gasteiger partial charge in [-0.25, -0.2) is 15.0 Å². The van der Waals surface area contributed by atoms with E-state index in [9.17, 15) is 0 Å². The molecule has 0 aliphatic rings. The van der Waals surface area contributed by atoms with Crippen molar-refractivity contribution in [2.45, 2.75) is 7.43 Å². The highest BCUT2D eigenvalue weighted by molar-refractivity contribution is 6.11. The Labute approximate surface area is 295 Å². The lowest BCUT2D eigenvalue weighted by atomic mass is 10.1. The van der Waals surface area contributed by atoms with E-state index < -0.39 is 0 Å². The zero-order valence-electron chi connectivity index (χ0n) is 27.0. The SMILES string of the molecule is C.c1ccc(-c2nc(-c3ccc4c(c3)c3ccccc3n4-c3ccccc3)nc(-c3ccc4c(c3)c3ccccc3n4-c3ccccc3)n2)cc1. The summed E-state index contributed by atoms with van der Waals surface area (Å²) >= 11 is 0. The van der Waals surface area contributed by atoms with Gasteiger partial charge in [0.25, 0.3) is 0 Å². The molecule has 0 saturated carbocycles. The molecule has 51 heavy (non-hydrogen) atoms. The number of hydrogen-bond donors (Lipinski definition) is 0. The van der Waals surface area contributed by atoms with Gasteiger partial charge in [-0.3, -0.25) is 0 Å². The van der Waals surface area contributed by atoms with Crippen LogP contribution < -0.4 is 0 Å². The summed E-state index contributed by atoms with van der Waals surface area (Å²) in [5.41, 5.74) is 9.68. The topological polar surface area (TPSA) is 48.5 Å². The van der Waals surface area contributed by atoms with E-state index in [2.05, 4.69) is 167 Å². The summed E-state index contributed by atoms with van der Waals surface area (Å²) in [6.45, 7) is 0. The highest BCUT2D eigenvalue weighted by atomic mass is 15.0. The standard InChI is InChI=1S/C45H29N5.CH4/c1-4-14-30(15-5-1)43-46-44(31-24-26-41-37(28-31)35-20-10-12-22-39(35)49(41)33-16-6-2-7-17-33)48-45(47-43)32-25-27-42-38(29-32)36-21-11-13-23-40(36)50(42)34-18-8-3-9-19-34;/h1-29H;1H4. The lowest BCUT2D eigenvalue weighted by Gasteiger charge is -2.10.